The van der Waals surface area contributed by atoms with Crippen LogP contribution in [0.25, 0.3) is 0 Å². The maximum absolute atomic E-state index is 11.9. The van der Waals surface area contributed by atoms with E-state index in [0.29, 0.717) is 24.7 Å². The molecule has 1 atom stereocenters. The summed E-state index contributed by atoms with van der Waals surface area (Å²) in [6, 6.07) is 6.72. The number of carbonyl (C=O) groups is 1. The number of esters is 1. The molecule has 5 nitrogen and oxygen atoms in total. The molecule has 0 aliphatic carbocycles. The van der Waals surface area contributed by atoms with E-state index >= 15 is 0 Å². The third kappa shape index (κ3) is 5.85. The van der Waals surface area contributed by atoms with Gasteiger partial charge in [-0.05, 0) is 37.0 Å². The molecule has 1 aromatic carbocycles. The van der Waals surface area contributed by atoms with E-state index in [1.807, 2.05) is 13.8 Å². The van der Waals surface area contributed by atoms with Crippen LogP contribution in [0, 0.1) is 11.8 Å². The zero-order chi connectivity index (χ0) is 15.8. The van der Waals surface area contributed by atoms with Crippen molar-refractivity contribution in [2.24, 2.45) is 17.0 Å². The average molecular weight is 293 g/mol. The smallest absolute Gasteiger partial charge is 0.314 e. The Labute approximate surface area is 125 Å². The molecule has 0 aliphatic heterocycles. The predicted molar refractivity (Wildman–Crippen MR) is 81.2 cm³/mol. The first-order valence-corrected chi connectivity index (χ1v) is 6.96. The molecule has 0 saturated carbocycles. The summed E-state index contributed by atoms with van der Waals surface area (Å²) in [7, 11) is 1.36. The number of benzene rings is 1. The summed E-state index contributed by atoms with van der Waals surface area (Å²) in [6.45, 7) is 6.31. The minimum absolute atomic E-state index is 0.194. The quantitative estimate of drug-likeness (QED) is 0.477. The Hall–Kier alpha value is -2.04. The lowest BCUT2D eigenvalue weighted by Crippen LogP contribution is -2.26. The molecule has 1 rings (SSSR count). The number of oxime groups is 1. The van der Waals surface area contributed by atoms with Crippen LogP contribution in [0.3, 0.4) is 0 Å². The molecule has 0 amide bonds. The lowest BCUT2D eigenvalue weighted by atomic mass is 9.95. The summed E-state index contributed by atoms with van der Waals surface area (Å²) in [6.07, 6.45) is 0.452. The van der Waals surface area contributed by atoms with E-state index in [1.54, 1.807) is 31.2 Å². The average Bonchev–Trinajstić information content (AvgIpc) is 2.45. The Morgan fingerprint density at radius 3 is 2.43 bits per heavy atom. The Kier molecular flexibility index (Phi) is 6.72. The van der Waals surface area contributed by atoms with Crippen molar-refractivity contribution in [2.45, 2.75) is 27.2 Å². The van der Waals surface area contributed by atoms with Crippen molar-refractivity contribution in [3.8, 4) is 5.75 Å². The van der Waals surface area contributed by atoms with Crippen LogP contribution >= 0.6 is 0 Å². The van der Waals surface area contributed by atoms with Crippen molar-refractivity contribution < 1.29 is 19.5 Å². The Bertz CT molecular complexity index is 480. The van der Waals surface area contributed by atoms with Crippen molar-refractivity contribution in [3.63, 3.8) is 0 Å². The molecule has 0 radical (unpaired) electrons. The normalized spacial score (nSPS) is 13.1. The largest absolute Gasteiger partial charge is 0.508 e. The third-order valence-electron chi connectivity index (χ3n) is 2.98. The van der Waals surface area contributed by atoms with E-state index in [4.69, 9.17) is 9.57 Å². The SMILES string of the molecule is COC(=O)C(Cc1ccc(O)cc1)/C(C)=N/OCC(C)C. The summed E-state index contributed by atoms with van der Waals surface area (Å²) < 4.78 is 4.83. The number of phenolic OH excluding ortho intramolecular Hbond substituents is 1. The molecular weight excluding hydrogens is 270 g/mol. The fraction of sp³-hybridized carbons (Fsp3) is 0.500. The van der Waals surface area contributed by atoms with Gasteiger partial charge in [0.1, 0.15) is 18.3 Å². The number of nitrogens with zero attached hydrogens (tertiary/aromatic N) is 1. The van der Waals surface area contributed by atoms with Crippen LogP contribution in [0.4, 0.5) is 0 Å². The van der Waals surface area contributed by atoms with Crippen LogP contribution in [-0.2, 0) is 20.8 Å². The molecule has 5 heteroatoms. The third-order valence-corrected chi connectivity index (χ3v) is 2.98. The van der Waals surface area contributed by atoms with Crippen molar-refractivity contribution in [1.29, 1.82) is 0 Å². The van der Waals surface area contributed by atoms with Gasteiger partial charge in [-0.25, -0.2) is 0 Å². The summed E-state index contributed by atoms with van der Waals surface area (Å²) in [5, 5.41) is 13.3. The first kappa shape index (κ1) is 17.0. The predicted octanol–water partition coefficient (Wildman–Crippen LogP) is 2.77. The standard InChI is InChI=1S/C16H23NO4/c1-11(2)10-21-17-12(3)15(16(19)20-4)9-13-5-7-14(18)8-6-13/h5-8,11,15,18H,9-10H2,1-4H3/b17-12+. The number of methoxy groups -OCH3 is 1. The van der Waals surface area contributed by atoms with Gasteiger partial charge in [0.05, 0.1) is 12.8 Å². The second kappa shape index (κ2) is 8.29. The molecule has 0 fully saturated rings. The molecule has 0 bridgehead atoms. The Balaban J connectivity index is 2.80. The number of ether oxygens (including phenoxy) is 1. The minimum atomic E-state index is -0.494. The van der Waals surface area contributed by atoms with Gasteiger partial charge < -0.3 is 14.7 Å². The first-order valence-electron chi connectivity index (χ1n) is 6.96. The molecule has 1 aromatic rings. The summed E-state index contributed by atoms with van der Waals surface area (Å²) >= 11 is 0. The number of carbonyl (C=O) groups excluding carboxylic acids is 1. The topological polar surface area (TPSA) is 68.1 Å². The second-order valence-corrected chi connectivity index (χ2v) is 5.37. The lowest BCUT2D eigenvalue weighted by molar-refractivity contribution is -0.143. The van der Waals surface area contributed by atoms with Crippen LogP contribution < -0.4 is 0 Å². The molecule has 0 aliphatic rings. The van der Waals surface area contributed by atoms with Gasteiger partial charge in [0.2, 0.25) is 0 Å². The molecule has 0 saturated heterocycles. The number of aromatic hydroxyl groups is 1. The summed E-state index contributed by atoms with van der Waals surface area (Å²) in [5.41, 5.74) is 1.50. The maximum Gasteiger partial charge on any atom is 0.314 e. The van der Waals surface area contributed by atoms with Gasteiger partial charge in [0.25, 0.3) is 0 Å². The molecule has 0 heterocycles. The fourth-order valence-electron chi connectivity index (χ4n) is 1.76. The van der Waals surface area contributed by atoms with Crippen LogP contribution in [0.2, 0.25) is 0 Å². The van der Waals surface area contributed by atoms with Gasteiger partial charge in [0.15, 0.2) is 0 Å². The molecule has 0 aromatic heterocycles. The molecule has 1 N–H and O–H groups in total. The zero-order valence-corrected chi connectivity index (χ0v) is 13.0. The molecular formula is C16H23NO4. The highest BCUT2D eigenvalue weighted by Gasteiger charge is 2.23. The number of phenols is 1. The molecule has 0 spiro atoms. The van der Waals surface area contributed by atoms with Gasteiger partial charge in [0, 0.05) is 0 Å². The summed E-state index contributed by atoms with van der Waals surface area (Å²) in [5.74, 6) is -0.279. The monoisotopic (exact) mass is 293 g/mol. The van der Waals surface area contributed by atoms with Crippen molar-refractivity contribution in [2.75, 3.05) is 13.7 Å². The highest BCUT2D eigenvalue weighted by Crippen LogP contribution is 2.16. The van der Waals surface area contributed by atoms with Crippen LogP contribution in [0.5, 0.6) is 5.75 Å². The number of rotatable bonds is 7. The van der Waals surface area contributed by atoms with Crippen LogP contribution in [0.15, 0.2) is 29.4 Å². The van der Waals surface area contributed by atoms with Gasteiger partial charge >= 0.3 is 5.97 Å². The molecule has 1 unspecified atom stereocenters. The highest BCUT2D eigenvalue weighted by molar-refractivity contribution is 6.00. The van der Waals surface area contributed by atoms with Gasteiger partial charge in [-0.2, -0.15) is 0 Å². The van der Waals surface area contributed by atoms with Crippen molar-refractivity contribution in [1.82, 2.24) is 0 Å². The second-order valence-electron chi connectivity index (χ2n) is 5.37. The van der Waals surface area contributed by atoms with Crippen molar-refractivity contribution in [3.05, 3.63) is 29.8 Å². The Morgan fingerprint density at radius 2 is 1.90 bits per heavy atom. The zero-order valence-electron chi connectivity index (χ0n) is 13.0. The van der Waals surface area contributed by atoms with E-state index in [0.717, 1.165) is 5.56 Å². The van der Waals surface area contributed by atoms with Crippen LogP contribution in [0.1, 0.15) is 26.3 Å². The van der Waals surface area contributed by atoms with E-state index in [9.17, 15) is 9.90 Å². The van der Waals surface area contributed by atoms with Gasteiger partial charge in [-0.15, -0.1) is 0 Å². The minimum Gasteiger partial charge on any atom is -0.508 e. The first-order chi connectivity index (χ1) is 9.93. The van der Waals surface area contributed by atoms with E-state index in [-0.39, 0.29) is 11.7 Å². The van der Waals surface area contributed by atoms with Gasteiger partial charge in [-0.1, -0.05) is 31.1 Å². The number of hydrogen-bond donors (Lipinski definition) is 1. The van der Waals surface area contributed by atoms with E-state index in [1.165, 1.54) is 7.11 Å². The van der Waals surface area contributed by atoms with Gasteiger partial charge in [-0.3, -0.25) is 4.79 Å². The van der Waals surface area contributed by atoms with E-state index < -0.39 is 5.92 Å². The highest BCUT2D eigenvalue weighted by atomic mass is 16.6. The van der Waals surface area contributed by atoms with E-state index in [2.05, 4.69) is 5.16 Å². The lowest BCUT2D eigenvalue weighted by Gasteiger charge is -2.14. The van der Waals surface area contributed by atoms with Crippen molar-refractivity contribution >= 4 is 11.7 Å². The molecule has 116 valence electrons. The maximum atomic E-state index is 11.9. The summed E-state index contributed by atoms with van der Waals surface area (Å²) in [4.78, 5) is 17.1. The number of hydrogen-bond acceptors (Lipinski definition) is 5. The Morgan fingerprint density at radius 1 is 1.29 bits per heavy atom. The van der Waals surface area contributed by atoms with Crippen LogP contribution in [-0.4, -0.2) is 30.5 Å². The molecule has 21 heavy (non-hydrogen) atoms. The fourth-order valence-corrected chi connectivity index (χ4v) is 1.76.